The standard InChI is InChI=1S/C12H16F13NSi/c1-26(2)27(3,4)6-5-7(13,14)8(15,16)9(17,18)10(19,20)11(21,22)12(23,24)25/h5-6H2,1-4H3. The van der Waals surface area contributed by atoms with Gasteiger partial charge in [0.15, 0.2) is 0 Å². The van der Waals surface area contributed by atoms with Crippen LogP contribution in [0.5, 0.6) is 0 Å². The highest BCUT2D eigenvalue weighted by Gasteiger charge is 2.90. The van der Waals surface area contributed by atoms with Gasteiger partial charge in [0.25, 0.3) is 0 Å². The third-order valence-corrected chi connectivity index (χ3v) is 8.15. The molecule has 15 heteroatoms. The molecule has 0 bridgehead atoms. The minimum absolute atomic E-state index is 0.861. The van der Waals surface area contributed by atoms with Crippen molar-refractivity contribution in [3.63, 3.8) is 0 Å². The molecule has 0 aliphatic rings. The van der Waals surface area contributed by atoms with Crippen LogP contribution in [0.2, 0.25) is 19.1 Å². The molecule has 0 amide bonds. The Labute approximate surface area is 146 Å². The Hall–Kier alpha value is -0.733. The van der Waals surface area contributed by atoms with E-state index in [4.69, 9.17) is 0 Å². The molecule has 0 rings (SSSR count). The molecule has 0 aromatic carbocycles. The second-order valence-corrected chi connectivity index (χ2v) is 11.7. The van der Waals surface area contributed by atoms with Crippen LogP contribution in [0.1, 0.15) is 6.42 Å². The lowest BCUT2D eigenvalue weighted by Gasteiger charge is -2.40. The number of hydrogen-bond donors (Lipinski definition) is 0. The summed E-state index contributed by atoms with van der Waals surface area (Å²) in [6.07, 6.45) is -9.51. The minimum atomic E-state index is -7.83. The molecule has 0 aromatic rings. The second-order valence-electron chi connectivity index (χ2n) is 6.71. The first kappa shape index (κ1) is 26.3. The zero-order chi connectivity index (χ0) is 22.5. The molecule has 0 saturated heterocycles. The molecule has 0 spiro atoms. The predicted octanol–water partition coefficient (Wildman–Crippen LogP) is 5.88. The average Bonchev–Trinajstić information content (AvgIpc) is 2.43. The van der Waals surface area contributed by atoms with Crippen LogP contribution in [-0.2, 0) is 0 Å². The SMILES string of the molecule is CN(C)[Si](C)(C)CCC(F)(F)C(F)(F)C(F)(F)C(F)(F)C(F)(F)C(F)(F)F. The molecule has 0 saturated carbocycles. The molecule has 0 aliphatic carbocycles. The van der Waals surface area contributed by atoms with Gasteiger partial charge in [-0.15, -0.1) is 0 Å². The van der Waals surface area contributed by atoms with Crippen molar-refractivity contribution in [3.05, 3.63) is 0 Å². The molecule has 0 radical (unpaired) electrons. The van der Waals surface area contributed by atoms with Crippen molar-refractivity contribution in [2.75, 3.05) is 14.1 Å². The number of rotatable bonds is 8. The lowest BCUT2D eigenvalue weighted by Crippen LogP contribution is -2.70. The number of hydrogen-bond acceptors (Lipinski definition) is 1. The Kier molecular flexibility index (Phi) is 6.76. The summed E-state index contributed by atoms with van der Waals surface area (Å²) < 4.78 is 169. The van der Waals surface area contributed by atoms with Crippen LogP contribution >= 0.6 is 0 Å². The first-order chi connectivity index (χ1) is 11.4. The fourth-order valence-corrected chi connectivity index (χ4v) is 3.02. The smallest absolute Gasteiger partial charge is 0.329 e. The van der Waals surface area contributed by atoms with Gasteiger partial charge in [-0.2, -0.15) is 57.1 Å². The van der Waals surface area contributed by atoms with E-state index in [9.17, 15) is 57.1 Å². The molecule has 0 aromatic heterocycles. The number of halogens is 13. The van der Waals surface area contributed by atoms with Crippen molar-refractivity contribution in [2.24, 2.45) is 0 Å². The summed E-state index contributed by atoms with van der Waals surface area (Å²) in [5.74, 6) is -36.4. The summed E-state index contributed by atoms with van der Waals surface area (Å²) in [6, 6.07) is -0.861. The van der Waals surface area contributed by atoms with Gasteiger partial charge >= 0.3 is 35.8 Å². The maximum absolute atomic E-state index is 13.6. The number of nitrogens with zero attached hydrogens (tertiary/aromatic N) is 1. The van der Waals surface area contributed by atoms with Crippen molar-refractivity contribution in [1.29, 1.82) is 0 Å². The number of alkyl halides is 13. The molecular formula is C12H16F13NSi. The summed E-state index contributed by atoms with van der Waals surface area (Å²) in [5.41, 5.74) is 0. The van der Waals surface area contributed by atoms with Crippen molar-refractivity contribution >= 4 is 8.24 Å². The van der Waals surface area contributed by atoms with Gasteiger partial charge in [0, 0.05) is 6.42 Å². The third kappa shape index (κ3) is 4.17. The molecule has 1 nitrogen and oxygen atoms in total. The Bertz CT molecular complexity index is 524. The average molecular weight is 449 g/mol. The van der Waals surface area contributed by atoms with Crippen molar-refractivity contribution < 1.29 is 57.1 Å². The third-order valence-electron chi connectivity index (χ3n) is 4.26. The molecule has 0 atom stereocenters. The summed E-state index contributed by atoms with van der Waals surface area (Å²) in [7, 11) is -0.197. The molecule has 0 aliphatic heterocycles. The maximum Gasteiger partial charge on any atom is 0.460 e. The van der Waals surface area contributed by atoms with E-state index in [1.807, 2.05) is 0 Å². The van der Waals surface area contributed by atoms with Gasteiger partial charge in [0.05, 0.1) is 0 Å². The van der Waals surface area contributed by atoms with E-state index in [0.717, 1.165) is 0 Å². The Morgan fingerprint density at radius 3 is 1.22 bits per heavy atom. The van der Waals surface area contributed by atoms with E-state index in [2.05, 4.69) is 0 Å². The Morgan fingerprint density at radius 2 is 0.926 bits per heavy atom. The summed E-state index contributed by atoms with van der Waals surface area (Å²) in [4.78, 5) is 0. The van der Waals surface area contributed by atoms with Crippen LogP contribution in [0, 0.1) is 0 Å². The monoisotopic (exact) mass is 449 g/mol. The molecular weight excluding hydrogens is 433 g/mol. The topological polar surface area (TPSA) is 3.24 Å². The molecule has 164 valence electrons. The van der Waals surface area contributed by atoms with Gasteiger partial charge in [-0.1, -0.05) is 13.1 Å². The van der Waals surface area contributed by atoms with Gasteiger partial charge in [-0.05, 0) is 20.1 Å². The molecule has 0 fully saturated rings. The fourth-order valence-electron chi connectivity index (χ4n) is 1.65. The first-order valence-corrected chi connectivity index (χ1v) is 10.2. The summed E-state index contributed by atoms with van der Waals surface area (Å²) >= 11 is 0. The van der Waals surface area contributed by atoms with Crippen molar-refractivity contribution in [2.45, 2.75) is 61.3 Å². The highest BCUT2D eigenvalue weighted by atomic mass is 28.3. The first-order valence-electron chi connectivity index (χ1n) is 7.03. The largest absolute Gasteiger partial charge is 0.460 e. The molecule has 0 unspecified atom stereocenters. The molecule has 0 heterocycles. The zero-order valence-corrected chi connectivity index (χ0v) is 15.3. The van der Waals surface area contributed by atoms with Gasteiger partial charge in [-0.25, -0.2) is 0 Å². The van der Waals surface area contributed by atoms with E-state index < -0.39 is 56.5 Å². The van der Waals surface area contributed by atoms with Crippen LogP contribution in [0.3, 0.4) is 0 Å². The summed E-state index contributed by atoms with van der Waals surface area (Å²) in [6.45, 7) is 2.65. The summed E-state index contributed by atoms with van der Waals surface area (Å²) in [5, 5.41) is 0. The normalized spacial score (nSPS) is 16.2. The van der Waals surface area contributed by atoms with Crippen LogP contribution in [0.25, 0.3) is 0 Å². The van der Waals surface area contributed by atoms with Crippen molar-refractivity contribution in [1.82, 2.24) is 4.57 Å². The highest BCUT2D eigenvalue weighted by Crippen LogP contribution is 2.60. The molecule has 0 N–H and O–H groups in total. The van der Waals surface area contributed by atoms with Crippen LogP contribution in [0.15, 0.2) is 0 Å². The Balaban J connectivity index is 6.02. The van der Waals surface area contributed by atoms with E-state index in [-0.39, 0.29) is 0 Å². The second kappa shape index (κ2) is 6.95. The van der Waals surface area contributed by atoms with Gasteiger partial charge in [0.1, 0.15) is 8.24 Å². The van der Waals surface area contributed by atoms with Gasteiger partial charge in [0.2, 0.25) is 0 Å². The predicted molar refractivity (Wildman–Crippen MR) is 71.4 cm³/mol. The lowest BCUT2D eigenvalue weighted by atomic mass is 9.93. The van der Waals surface area contributed by atoms with Crippen LogP contribution in [-0.4, -0.2) is 62.7 Å². The van der Waals surface area contributed by atoms with Crippen LogP contribution in [0.4, 0.5) is 57.1 Å². The van der Waals surface area contributed by atoms with Crippen LogP contribution < -0.4 is 0 Å². The maximum atomic E-state index is 13.6. The fraction of sp³-hybridized carbons (Fsp3) is 1.00. The van der Waals surface area contributed by atoms with E-state index in [1.54, 1.807) is 0 Å². The van der Waals surface area contributed by atoms with Crippen molar-refractivity contribution in [3.8, 4) is 0 Å². The minimum Gasteiger partial charge on any atom is -0.329 e. The lowest BCUT2D eigenvalue weighted by molar-refractivity contribution is -0.439. The Morgan fingerprint density at radius 1 is 0.593 bits per heavy atom. The zero-order valence-electron chi connectivity index (χ0n) is 14.3. The molecule has 27 heavy (non-hydrogen) atoms. The van der Waals surface area contributed by atoms with E-state index in [0.29, 0.717) is 0 Å². The van der Waals surface area contributed by atoms with Gasteiger partial charge in [-0.3, -0.25) is 0 Å². The highest BCUT2D eigenvalue weighted by molar-refractivity contribution is 6.74. The quantitative estimate of drug-likeness (QED) is 0.330. The van der Waals surface area contributed by atoms with E-state index >= 15 is 0 Å². The van der Waals surface area contributed by atoms with Gasteiger partial charge < -0.3 is 4.57 Å². The van der Waals surface area contributed by atoms with E-state index in [1.165, 1.54) is 31.8 Å².